The molecule has 0 spiro atoms. The normalized spacial score (nSPS) is 8.60. The molecule has 0 N–H and O–H groups in total. The molecule has 0 amide bonds. The first kappa shape index (κ1) is 7.23. The first-order valence-corrected chi connectivity index (χ1v) is 4.08. The minimum atomic E-state index is 0.969. The fourth-order valence-electron chi connectivity index (χ4n) is 0.596. The molecule has 0 bridgehead atoms. The van der Waals surface area contributed by atoms with Gasteiger partial charge in [-0.25, -0.2) is 0 Å². The van der Waals surface area contributed by atoms with Crippen LogP contribution in [-0.2, 0) is 7.05 Å². The van der Waals surface area contributed by atoms with Gasteiger partial charge in [0.2, 0.25) is 0 Å². The molecule has 0 aromatic carbocycles. The van der Waals surface area contributed by atoms with Gasteiger partial charge in [-0.3, -0.25) is 4.68 Å². The number of hydrogen-bond acceptors (Lipinski definition) is 2. The topological polar surface area (TPSA) is 17.8 Å². The third-order valence-corrected chi connectivity index (χ3v) is 1.31. The van der Waals surface area contributed by atoms with E-state index in [-0.39, 0.29) is 0 Å². The maximum Gasteiger partial charge on any atom is 0.0646 e. The summed E-state index contributed by atoms with van der Waals surface area (Å²) < 4.78 is 1.74. The van der Waals surface area contributed by atoms with Gasteiger partial charge in [-0.1, -0.05) is 17.7 Å². The van der Waals surface area contributed by atoms with Crippen LogP contribution in [0.5, 0.6) is 0 Å². The number of aryl methyl sites for hydroxylation is 1. The smallest absolute Gasteiger partial charge is 0.0646 e. The van der Waals surface area contributed by atoms with E-state index in [0.29, 0.717) is 0 Å². The minimum Gasteiger partial charge on any atom is -0.275 e. The van der Waals surface area contributed by atoms with Crippen molar-refractivity contribution < 1.29 is 0 Å². The van der Waals surface area contributed by atoms with Gasteiger partial charge in [-0.2, -0.15) is 5.10 Å². The van der Waals surface area contributed by atoms with Crippen molar-refractivity contribution in [2.75, 3.05) is 6.26 Å². The van der Waals surface area contributed by atoms with Crippen LogP contribution in [0.4, 0.5) is 0 Å². The van der Waals surface area contributed by atoms with Gasteiger partial charge in [0.05, 0.1) is 11.8 Å². The van der Waals surface area contributed by atoms with E-state index >= 15 is 0 Å². The summed E-state index contributed by atoms with van der Waals surface area (Å²) in [5.74, 6) is 2.94. The van der Waals surface area contributed by atoms with E-state index in [9.17, 15) is 0 Å². The van der Waals surface area contributed by atoms with Crippen LogP contribution >= 0.6 is 11.8 Å². The molecule has 1 heterocycles. The Morgan fingerprint density at radius 3 is 3.00 bits per heavy atom. The summed E-state index contributed by atoms with van der Waals surface area (Å²) in [5.41, 5.74) is 0.969. The van der Waals surface area contributed by atoms with Crippen LogP contribution in [0.3, 0.4) is 0 Å². The number of nitrogens with zero attached hydrogens (tertiary/aromatic N) is 2. The lowest BCUT2D eigenvalue weighted by Crippen LogP contribution is -1.83. The summed E-state index contributed by atoms with van der Waals surface area (Å²) in [6.45, 7) is 0. The molecule has 2 nitrogen and oxygen atoms in total. The monoisotopic (exact) mass is 152 g/mol. The SMILES string of the molecule is CSC#Cc1cnn(C)c1. The highest BCUT2D eigenvalue weighted by Gasteiger charge is 1.87. The van der Waals surface area contributed by atoms with Crippen LogP contribution in [0.15, 0.2) is 12.4 Å². The largest absolute Gasteiger partial charge is 0.275 e. The molecule has 0 aliphatic rings. The molecule has 10 heavy (non-hydrogen) atoms. The van der Waals surface area contributed by atoms with E-state index in [1.165, 1.54) is 11.8 Å². The van der Waals surface area contributed by atoms with Crippen LogP contribution in [0.1, 0.15) is 5.56 Å². The second-order valence-corrected chi connectivity index (χ2v) is 2.45. The fourth-order valence-corrected chi connectivity index (χ4v) is 0.816. The highest BCUT2D eigenvalue weighted by molar-refractivity contribution is 8.03. The lowest BCUT2D eigenvalue weighted by atomic mass is 10.4. The third-order valence-electron chi connectivity index (χ3n) is 1.00. The highest BCUT2D eigenvalue weighted by Crippen LogP contribution is 1.94. The van der Waals surface area contributed by atoms with Gasteiger partial charge < -0.3 is 0 Å². The molecule has 0 unspecified atom stereocenters. The zero-order valence-corrected chi connectivity index (χ0v) is 6.77. The van der Waals surface area contributed by atoms with Crippen molar-refractivity contribution in [3.05, 3.63) is 18.0 Å². The van der Waals surface area contributed by atoms with Crippen molar-refractivity contribution in [3.63, 3.8) is 0 Å². The van der Waals surface area contributed by atoms with Gasteiger partial charge >= 0.3 is 0 Å². The van der Waals surface area contributed by atoms with Gasteiger partial charge in [0, 0.05) is 13.2 Å². The van der Waals surface area contributed by atoms with Crippen LogP contribution < -0.4 is 0 Å². The summed E-state index contributed by atoms with van der Waals surface area (Å²) in [7, 11) is 1.88. The lowest BCUT2D eigenvalue weighted by Gasteiger charge is -1.78. The van der Waals surface area contributed by atoms with Crippen molar-refractivity contribution in [3.8, 4) is 11.2 Å². The Kier molecular flexibility index (Phi) is 2.41. The van der Waals surface area contributed by atoms with Crippen LogP contribution in [0.25, 0.3) is 0 Å². The van der Waals surface area contributed by atoms with E-state index in [1.54, 1.807) is 10.9 Å². The van der Waals surface area contributed by atoms with E-state index in [0.717, 1.165) is 5.56 Å². The molecule has 0 radical (unpaired) electrons. The number of hydrogen-bond donors (Lipinski definition) is 0. The molecule has 52 valence electrons. The maximum atomic E-state index is 3.97. The Bertz CT molecular complexity index is 267. The van der Waals surface area contributed by atoms with E-state index in [2.05, 4.69) is 16.3 Å². The molecule has 1 aromatic heterocycles. The zero-order valence-electron chi connectivity index (χ0n) is 5.96. The summed E-state index contributed by atoms with van der Waals surface area (Å²) in [6, 6.07) is 0. The Labute approximate surface area is 64.6 Å². The Hall–Kier alpha value is -0.880. The van der Waals surface area contributed by atoms with Crippen LogP contribution in [-0.4, -0.2) is 16.0 Å². The standard InChI is InChI=1S/C7H8N2S/c1-9-6-7(5-8-9)3-4-10-2/h5-6H,1-2H3. The van der Waals surface area contributed by atoms with Crippen molar-refractivity contribution in [1.82, 2.24) is 9.78 Å². The molecule has 1 aromatic rings. The molecular weight excluding hydrogens is 144 g/mol. The van der Waals surface area contributed by atoms with E-state index in [4.69, 9.17) is 0 Å². The molecule has 0 fully saturated rings. The maximum absolute atomic E-state index is 3.97. The van der Waals surface area contributed by atoms with Gasteiger partial charge in [-0.05, 0) is 11.5 Å². The predicted molar refractivity (Wildman–Crippen MR) is 43.6 cm³/mol. The first-order chi connectivity index (χ1) is 4.83. The summed E-state index contributed by atoms with van der Waals surface area (Å²) >= 11 is 1.51. The number of thioether (sulfide) groups is 1. The summed E-state index contributed by atoms with van der Waals surface area (Å²) in [4.78, 5) is 0. The van der Waals surface area contributed by atoms with Crippen molar-refractivity contribution >= 4 is 11.8 Å². The van der Waals surface area contributed by atoms with E-state index < -0.39 is 0 Å². The van der Waals surface area contributed by atoms with Crippen molar-refractivity contribution in [2.45, 2.75) is 0 Å². The Morgan fingerprint density at radius 1 is 1.70 bits per heavy atom. The van der Waals surface area contributed by atoms with Gasteiger partial charge in [0.1, 0.15) is 0 Å². The summed E-state index contributed by atoms with van der Waals surface area (Å²) in [5, 5.41) is 6.87. The fraction of sp³-hybridized carbons (Fsp3) is 0.286. The Morgan fingerprint density at radius 2 is 2.50 bits per heavy atom. The van der Waals surface area contributed by atoms with Crippen molar-refractivity contribution in [2.24, 2.45) is 7.05 Å². The minimum absolute atomic E-state index is 0.969. The first-order valence-electron chi connectivity index (χ1n) is 2.85. The molecular formula is C7H8N2S. The highest BCUT2D eigenvalue weighted by atomic mass is 32.2. The van der Waals surface area contributed by atoms with E-state index in [1.807, 2.05) is 19.5 Å². The molecule has 1 rings (SSSR count). The van der Waals surface area contributed by atoms with Crippen LogP contribution in [0.2, 0.25) is 0 Å². The number of aromatic nitrogens is 2. The second-order valence-electron chi connectivity index (χ2n) is 1.83. The predicted octanol–water partition coefficient (Wildman–Crippen LogP) is 1.09. The molecule has 0 saturated carbocycles. The van der Waals surface area contributed by atoms with Gasteiger partial charge in [0.25, 0.3) is 0 Å². The zero-order chi connectivity index (χ0) is 7.40. The van der Waals surface area contributed by atoms with Gasteiger partial charge in [-0.15, -0.1) is 0 Å². The average Bonchev–Trinajstić information content (AvgIpc) is 2.31. The molecule has 0 aliphatic heterocycles. The quantitative estimate of drug-likeness (QED) is 0.518. The lowest BCUT2D eigenvalue weighted by molar-refractivity contribution is 0.767. The Balaban J connectivity index is 2.76. The van der Waals surface area contributed by atoms with Crippen LogP contribution in [0, 0.1) is 11.2 Å². The summed E-state index contributed by atoms with van der Waals surface area (Å²) in [6.07, 6.45) is 5.59. The number of rotatable bonds is 0. The molecule has 3 heteroatoms. The third kappa shape index (κ3) is 1.82. The molecule has 0 saturated heterocycles. The van der Waals surface area contributed by atoms with Gasteiger partial charge in [0.15, 0.2) is 0 Å². The second kappa shape index (κ2) is 3.33. The van der Waals surface area contributed by atoms with Crippen molar-refractivity contribution in [1.29, 1.82) is 0 Å². The molecule has 0 aliphatic carbocycles. The molecule has 0 atom stereocenters. The average molecular weight is 152 g/mol.